The highest BCUT2D eigenvalue weighted by atomic mass is 16.5. The van der Waals surface area contributed by atoms with Gasteiger partial charge in [0.1, 0.15) is 12.1 Å². The highest BCUT2D eigenvalue weighted by molar-refractivity contribution is 5.36. The van der Waals surface area contributed by atoms with Crippen molar-refractivity contribution in [1.82, 2.24) is 19.7 Å². The molecule has 0 unspecified atom stereocenters. The molecule has 18 heavy (non-hydrogen) atoms. The maximum Gasteiger partial charge on any atom is 0.218 e. The fourth-order valence-corrected chi connectivity index (χ4v) is 1.55. The maximum absolute atomic E-state index is 5.31. The lowest BCUT2D eigenvalue weighted by molar-refractivity contribution is 0.326. The average Bonchev–Trinajstić information content (AvgIpc) is 2.76. The van der Waals surface area contributed by atoms with Crippen LogP contribution in [0.1, 0.15) is 12.5 Å². The molecule has 0 aromatic carbocycles. The highest BCUT2D eigenvalue weighted by Crippen LogP contribution is 2.10. The van der Waals surface area contributed by atoms with Gasteiger partial charge in [-0.05, 0) is 19.4 Å². The van der Waals surface area contributed by atoms with Crippen LogP contribution in [0.3, 0.4) is 0 Å². The van der Waals surface area contributed by atoms with Gasteiger partial charge in [-0.15, -0.1) is 0 Å². The molecule has 0 aliphatic heterocycles. The minimum absolute atomic E-state index is 0.588. The van der Waals surface area contributed by atoms with Gasteiger partial charge in [-0.25, -0.2) is 9.97 Å². The first-order valence-electron chi connectivity index (χ1n) is 5.95. The summed E-state index contributed by atoms with van der Waals surface area (Å²) in [6, 6.07) is 1.79. The smallest absolute Gasteiger partial charge is 0.218 e. The fourth-order valence-electron chi connectivity index (χ4n) is 1.55. The third kappa shape index (κ3) is 3.44. The van der Waals surface area contributed by atoms with Crippen molar-refractivity contribution in [3.05, 3.63) is 30.4 Å². The summed E-state index contributed by atoms with van der Waals surface area (Å²) in [5.41, 5.74) is 1.16. The van der Waals surface area contributed by atoms with Crippen LogP contribution < -0.4 is 10.1 Å². The van der Waals surface area contributed by atoms with Crippen LogP contribution in [0.15, 0.2) is 24.8 Å². The third-order valence-electron chi connectivity index (χ3n) is 2.34. The Balaban J connectivity index is 1.84. The van der Waals surface area contributed by atoms with Crippen LogP contribution in [-0.2, 0) is 6.54 Å². The van der Waals surface area contributed by atoms with Crippen LogP contribution in [-0.4, -0.2) is 32.9 Å². The molecular weight excluding hydrogens is 230 g/mol. The topological polar surface area (TPSA) is 64.9 Å². The zero-order chi connectivity index (χ0) is 12.8. The Labute approximate surface area is 106 Å². The van der Waals surface area contributed by atoms with Gasteiger partial charge in [0.2, 0.25) is 5.88 Å². The SMILES string of the molecule is CCOc1cc(NCCn2cc(C)cn2)ncn1. The summed E-state index contributed by atoms with van der Waals surface area (Å²) in [6.07, 6.45) is 5.34. The minimum Gasteiger partial charge on any atom is -0.478 e. The molecular formula is C12H17N5O. The Morgan fingerprint density at radius 1 is 1.39 bits per heavy atom. The number of anilines is 1. The average molecular weight is 247 g/mol. The van der Waals surface area contributed by atoms with Gasteiger partial charge >= 0.3 is 0 Å². The molecule has 6 heteroatoms. The van der Waals surface area contributed by atoms with Crippen molar-refractivity contribution in [3.63, 3.8) is 0 Å². The first kappa shape index (κ1) is 12.3. The molecule has 0 radical (unpaired) electrons. The van der Waals surface area contributed by atoms with E-state index in [0.717, 1.165) is 24.5 Å². The largest absolute Gasteiger partial charge is 0.478 e. The van der Waals surface area contributed by atoms with Gasteiger partial charge in [-0.2, -0.15) is 5.10 Å². The number of nitrogens with zero attached hydrogens (tertiary/aromatic N) is 4. The second-order valence-corrected chi connectivity index (χ2v) is 3.88. The van der Waals surface area contributed by atoms with Crippen LogP contribution in [0, 0.1) is 6.92 Å². The van der Waals surface area contributed by atoms with Crippen molar-refractivity contribution >= 4 is 5.82 Å². The standard InChI is InChI=1S/C12H17N5O/c1-3-18-12-6-11(14-9-15-12)13-4-5-17-8-10(2)7-16-17/h6-9H,3-5H2,1-2H3,(H,13,14,15). The highest BCUT2D eigenvalue weighted by Gasteiger charge is 1.99. The second-order valence-electron chi connectivity index (χ2n) is 3.88. The van der Waals surface area contributed by atoms with Crippen LogP contribution in [0.25, 0.3) is 0 Å². The Morgan fingerprint density at radius 2 is 2.28 bits per heavy atom. The number of ether oxygens (including phenoxy) is 1. The number of aryl methyl sites for hydroxylation is 1. The predicted molar refractivity (Wildman–Crippen MR) is 68.7 cm³/mol. The summed E-state index contributed by atoms with van der Waals surface area (Å²) in [5, 5.41) is 7.42. The number of nitrogens with one attached hydrogen (secondary N) is 1. The van der Waals surface area contributed by atoms with Gasteiger partial charge in [0.15, 0.2) is 0 Å². The van der Waals surface area contributed by atoms with E-state index >= 15 is 0 Å². The van der Waals surface area contributed by atoms with E-state index in [-0.39, 0.29) is 0 Å². The zero-order valence-electron chi connectivity index (χ0n) is 10.6. The number of hydrogen-bond acceptors (Lipinski definition) is 5. The van der Waals surface area contributed by atoms with Crippen molar-refractivity contribution in [2.45, 2.75) is 20.4 Å². The van der Waals surface area contributed by atoms with Gasteiger partial charge in [0, 0.05) is 18.8 Å². The molecule has 1 N–H and O–H groups in total. The first-order valence-corrected chi connectivity index (χ1v) is 5.95. The van der Waals surface area contributed by atoms with Crippen molar-refractivity contribution < 1.29 is 4.74 Å². The van der Waals surface area contributed by atoms with E-state index in [1.165, 1.54) is 6.33 Å². The van der Waals surface area contributed by atoms with E-state index in [9.17, 15) is 0 Å². The van der Waals surface area contributed by atoms with Gasteiger partial charge in [0.05, 0.1) is 19.3 Å². The van der Waals surface area contributed by atoms with Crippen molar-refractivity contribution in [3.8, 4) is 5.88 Å². The molecule has 0 bridgehead atoms. The summed E-state index contributed by atoms with van der Waals surface area (Å²) in [5.74, 6) is 1.35. The summed E-state index contributed by atoms with van der Waals surface area (Å²) >= 11 is 0. The molecule has 2 heterocycles. The maximum atomic E-state index is 5.31. The molecule has 0 amide bonds. The molecule has 0 saturated carbocycles. The summed E-state index contributed by atoms with van der Waals surface area (Å²) in [4.78, 5) is 8.13. The van der Waals surface area contributed by atoms with E-state index in [1.807, 2.05) is 30.9 Å². The normalized spacial score (nSPS) is 10.3. The van der Waals surface area contributed by atoms with Gasteiger partial charge in [0.25, 0.3) is 0 Å². The molecule has 0 aliphatic carbocycles. The molecule has 96 valence electrons. The molecule has 6 nitrogen and oxygen atoms in total. The lowest BCUT2D eigenvalue weighted by Gasteiger charge is -2.07. The number of aromatic nitrogens is 4. The van der Waals surface area contributed by atoms with Crippen LogP contribution in [0.2, 0.25) is 0 Å². The van der Waals surface area contributed by atoms with E-state index < -0.39 is 0 Å². The van der Waals surface area contributed by atoms with E-state index in [4.69, 9.17) is 4.74 Å². The van der Waals surface area contributed by atoms with Gasteiger partial charge in [-0.3, -0.25) is 4.68 Å². The molecule has 0 fully saturated rings. The van der Waals surface area contributed by atoms with Gasteiger partial charge < -0.3 is 10.1 Å². The van der Waals surface area contributed by atoms with Crippen LogP contribution >= 0.6 is 0 Å². The fraction of sp³-hybridized carbons (Fsp3) is 0.417. The third-order valence-corrected chi connectivity index (χ3v) is 2.34. The summed E-state index contributed by atoms with van der Waals surface area (Å²) in [7, 11) is 0. The number of hydrogen-bond donors (Lipinski definition) is 1. The monoisotopic (exact) mass is 247 g/mol. The lowest BCUT2D eigenvalue weighted by atomic mass is 10.4. The van der Waals surface area contributed by atoms with E-state index in [0.29, 0.717) is 12.5 Å². The summed E-state index contributed by atoms with van der Waals surface area (Å²) in [6.45, 7) is 6.10. The van der Waals surface area contributed by atoms with Crippen LogP contribution in [0.5, 0.6) is 5.88 Å². The summed E-state index contributed by atoms with van der Waals surface area (Å²) < 4.78 is 7.20. The van der Waals surface area contributed by atoms with Gasteiger partial charge in [-0.1, -0.05) is 0 Å². The number of rotatable bonds is 6. The minimum atomic E-state index is 0.588. The van der Waals surface area contributed by atoms with E-state index in [2.05, 4.69) is 20.4 Å². The zero-order valence-corrected chi connectivity index (χ0v) is 10.6. The quantitative estimate of drug-likeness (QED) is 0.837. The van der Waals surface area contributed by atoms with Crippen molar-refractivity contribution in [2.24, 2.45) is 0 Å². The van der Waals surface area contributed by atoms with Crippen LogP contribution in [0.4, 0.5) is 5.82 Å². The first-order chi connectivity index (χ1) is 8.78. The molecule has 2 rings (SSSR count). The Kier molecular flexibility index (Phi) is 4.11. The Bertz CT molecular complexity index is 497. The molecule has 0 spiro atoms. The Hall–Kier alpha value is -2.11. The molecule has 2 aromatic heterocycles. The Morgan fingerprint density at radius 3 is 3.00 bits per heavy atom. The molecule has 0 saturated heterocycles. The van der Waals surface area contributed by atoms with Crippen molar-refractivity contribution in [1.29, 1.82) is 0 Å². The predicted octanol–water partition coefficient (Wildman–Crippen LogP) is 1.49. The molecule has 0 aliphatic rings. The molecule has 2 aromatic rings. The van der Waals surface area contributed by atoms with Crippen molar-refractivity contribution in [2.75, 3.05) is 18.5 Å². The second kappa shape index (κ2) is 6.00. The van der Waals surface area contributed by atoms with E-state index in [1.54, 1.807) is 6.07 Å². The lowest BCUT2D eigenvalue weighted by Crippen LogP contribution is -2.11. The molecule has 0 atom stereocenters.